The summed E-state index contributed by atoms with van der Waals surface area (Å²) in [7, 11) is 1.57. The molecule has 1 unspecified atom stereocenters. The molecule has 1 aromatic heterocycles. The second kappa shape index (κ2) is 7.40. The van der Waals surface area contributed by atoms with Gasteiger partial charge < -0.3 is 23.9 Å². The van der Waals surface area contributed by atoms with Gasteiger partial charge in [0.2, 0.25) is 11.8 Å². The van der Waals surface area contributed by atoms with Crippen molar-refractivity contribution < 1.29 is 23.8 Å². The molecule has 4 rings (SSSR count). The summed E-state index contributed by atoms with van der Waals surface area (Å²) in [5, 5.41) is 9.44. The molecule has 2 aliphatic heterocycles. The van der Waals surface area contributed by atoms with E-state index >= 15 is 0 Å². The van der Waals surface area contributed by atoms with Crippen LogP contribution in [0.3, 0.4) is 0 Å². The Bertz CT molecular complexity index is 698. The third-order valence-electron chi connectivity index (χ3n) is 6.80. The Balaban J connectivity index is 1.36. The minimum Gasteiger partial charge on any atom is -0.444 e. The van der Waals surface area contributed by atoms with Crippen molar-refractivity contribution in [2.45, 2.75) is 63.3 Å². The van der Waals surface area contributed by atoms with Gasteiger partial charge in [-0.05, 0) is 33.1 Å². The van der Waals surface area contributed by atoms with Crippen LogP contribution in [-0.2, 0) is 20.8 Å². The molecule has 1 aromatic rings. The van der Waals surface area contributed by atoms with Crippen molar-refractivity contribution in [1.82, 2.24) is 14.8 Å². The summed E-state index contributed by atoms with van der Waals surface area (Å²) in [6.45, 7) is 6.72. The lowest BCUT2D eigenvalue weighted by atomic mass is 9.74. The Morgan fingerprint density at radius 1 is 1.36 bits per heavy atom. The number of aromatic nitrogens is 1. The van der Waals surface area contributed by atoms with Crippen molar-refractivity contribution >= 4 is 5.91 Å². The number of nitrogens with zero attached hydrogens (tertiary/aromatic N) is 3. The van der Waals surface area contributed by atoms with Crippen molar-refractivity contribution in [1.29, 1.82) is 0 Å². The van der Waals surface area contributed by atoms with E-state index in [0.29, 0.717) is 39.2 Å². The van der Waals surface area contributed by atoms with Gasteiger partial charge in [0.1, 0.15) is 11.4 Å². The molecule has 1 atom stereocenters. The van der Waals surface area contributed by atoms with Crippen molar-refractivity contribution in [3.63, 3.8) is 0 Å². The van der Waals surface area contributed by atoms with Gasteiger partial charge in [-0.3, -0.25) is 9.69 Å². The number of amides is 1. The number of aliphatic hydroxyl groups is 1. The van der Waals surface area contributed by atoms with Crippen LogP contribution >= 0.6 is 0 Å². The van der Waals surface area contributed by atoms with Gasteiger partial charge in [-0.25, -0.2) is 4.98 Å². The lowest BCUT2D eigenvalue weighted by Gasteiger charge is -2.54. The molecule has 1 saturated carbocycles. The average Bonchev–Trinajstić information content (AvgIpc) is 2.91. The molecule has 8 heteroatoms. The van der Waals surface area contributed by atoms with Crippen LogP contribution < -0.4 is 0 Å². The molecule has 156 valence electrons. The van der Waals surface area contributed by atoms with Crippen LogP contribution in [0.5, 0.6) is 0 Å². The maximum absolute atomic E-state index is 12.6. The number of oxazole rings is 1. The number of morpholine rings is 1. The Hall–Kier alpha value is -1.48. The van der Waals surface area contributed by atoms with Gasteiger partial charge in [-0.2, -0.15) is 0 Å². The molecule has 3 aliphatic rings. The molecule has 2 saturated heterocycles. The maximum atomic E-state index is 12.6. The molecule has 1 aliphatic carbocycles. The second-order valence-electron chi connectivity index (χ2n) is 8.64. The predicted octanol–water partition coefficient (Wildman–Crippen LogP) is 1.02. The second-order valence-corrected chi connectivity index (χ2v) is 8.64. The molecule has 1 spiro atoms. The fourth-order valence-electron chi connectivity index (χ4n) is 4.47. The third kappa shape index (κ3) is 3.47. The van der Waals surface area contributed by atoms with E-state index in [1.165, 1.54) is 6.42 Å². The number of aryl methyl sites for hydroxylation is 2. The lowest BCUT2D eigenvalue weighted by Crippen LogP contribution is -2.67. The fraction of sp³-hybridized carbons (Fsp3) is 0.800. The van der Waals surface area contributed by atoms with Gasteiger partial charge >= 0.3 is 0 Å². The zero-order valence-corrected chi connectivity index (χ0v) is 17.1. The van der Waals surface area contributed by atoms with Gasteiger partial charge in [0.05, 0.1) is 51.1 Å². The number of methoxy groups -OCH3 is 1. The minimum atomic E-state index is -0.591. The van der Waals surface area contributed by atoms with Crippen LogP contribution in [-0.4, -0.2) is 83.0 Å². The number of ether oxygens (including phenoxy) is 2. The first-order valence-electron chi connectivity index (χ1n) is 10.1. The highest BCUT2D eigenvalue weighted by atomic mass is 16.5. The summed E-state index contributed by atoms with van der Waals surface area (Å²) in [6, 6.07) is 0. The predicted molar refractivity (Wildman–Crippen MR) is 101 cm³/mol. The van der Waals surface area contributed by atoms with E-state index in [9.17, 15) is 9.90 Å². The van der Waals surface area contributed by atoms with E-state index in [-0.39, 0.29) is 24.2 Å². The van der Waals surface area contributed by atoms with E-state index in [4.69, 9.17) is 13.9 Å². The number of aliphatic hydroxyl groups excluding tert-OH is 1. The third-order valence-corrected chi connectivity index (χ3v) is 6.80. The van der Waals surface area contributed by atoms with E-state index in [0.717, 1.165) is 30.2 Å². The van der Waals surface area contributed by atoms with Crippen molar-refractivity contribution in [3.05, 3.63) is 17.3 Å². The highest BCUT2D eigenvalue weighted by Crippen LogP contribution is 2.42. The van der Waals surface area contributed by atoms with Crippen LogP contribution in [0.4, 0.5) is 0 Å². The standard InChI is InChI=1S/C20H31N3O5/c1-14-15(2)28-17(21-14)9-23-8-16(27-13-19(23)5-4-6-19)7-18(25)22-10-20(11-22,12-24)26-3/h16,24H,4-13H2,1-3H3. The molecule has 28 heavy (non-hydrogen) atoms. The van der Waals surface area contributed by atoms with Crippen LogP contribution in [0, 0.1) is 13.8 Å². The Kier molecular flexibility index (Phi) is 5.24. The minimum absolute atomic E-state index is 0.0541. The van der Waals surface area contributed by atoms with Gasteiger partial charge in [0.15, 0.2) is 0 Å². The first-order valence-corrected chi connectivity index (χ1v) is 10.1. The molecule has 0 aromatic carbocycles. The largest absolute Gasteiger partial charge is 0.444 e. The van der Waals surface area contributed by atoms with Gasteiger partial charge in [-0.1, -0.05) is 0 Å². The van der Waals surface area contributed by atoms with Crippen molar-refractivity contribution in [3.8, 4) is 0 Å². The normalized spacial score (nSPS) is 26.1. The number of carbonyl (C=O) groups is 1. The highest BCUT2D eigenvalue weighted by molar-refractivity contribution is 5.78. The number of rotatable bonds is 6. The molecule has 0 radical (unpaired) electrons. The van der Waals surface area contributed by atoms with Crippen molar-refractivity contribution in [2.75, 3.05) is 40.0 Å². The fourth-order valence-corrected chi connectivity index (χ4v) is 4.47. The van der Waals surface area contributed by atoms with E-state index < -0.39 is 5.60 Å². The lowest BCUT2D eigenvalue weighted by molar-refractivity contribution is -0.180. The number of hydrogen-bond donors (Lipinski definition) is 1. The van der Waals surface area contributed by atoms with E-state index in [2.05, 4.69) is 9.88 Å². The Morgan fingerprint density at radius 2 is 2.11 bits per heavy atom. The molecule has 0 bridgehead atoms. The smallest absolute Gasteiger partial charge is 0.225 e. The van der Waals surface area contributed by atoms with Crippen LogP contribution in [0.2, 0.25) is 0 Å². The first-order chi connectivity index (χ1) is 13.4. The van der Waals surface area contributed by atoms with Gasteiger partial charge in [0.25, 0.3) is 0 Å². The molecule has 3 fully saturated rings. The Labute approximate surface area is 165 Å². The van der Waals surface area contributed by atoms with Gasteiger partial charge in [0, 0.05) is 19.2 Å². The summed E-state index contributed by atoms with van der Waals surface area (Å²) in [6.07, 6.45) is 3.65. The summed E-state index contributed by atoms with van der Waals surface area (Å²) in [5.41, 5.74) is 0.404. The molecule has 1 amide bonds. The van der Waals surface area contributed by atoms with E-state index in [1.807, 2.05) is 13.8 Å². The summed E-state index contributed by atoms with van der Waals surface area (Å²) >= 11 is 0. The molecular weight excluding hydrogens is 362 g/mol. The number of likely N-dealkylation sites (tertiary alicyclic amines) is 1. The van der Waals surface area contributed by atoms with Crippen molar-refractivity contribution in [2.24, 2.45) is 0 Å². The topological polar surface area (TPSA) is 88.3 Å². The summed E-state index contributed by atoms with van der Waals surface area (Å²) in [4.78, 5) is 21.3. The molecular formula is C20H31N3O5. The van der Waals surface area contributed by atoms with Gasteiger partial charge in [-0.15, -0.1) is 0 Å². The zero-order valence-electron chi connectivity index (χ0n) is 17.1. The highest BCUT2D eigenvalue weighted by Gasteiger charge is 2.49. The number of carbonyl (C=O) groups excluding carboxylic acids is 1. The monoisotopic (exact) mass is 393 g/mol. The summed E-state index contributed by atoms with van der Waals surface area (Å²) in [5.74, 6) is 1.66. The summed E-state index contributed by atoms with van der Waals surface area (Å²) < 4.78 is 17.2. The first kappa shape index (κ1) is 19.8. The average molecular weight is 393 g/mol. The quantitative estimate of drug-likeness (QED) is 0.772. The number of hydrogen-bond acceptors (Lipinski definition) is 7. The molecule has 8 nitrogen and oxygen atoms in total. The van der Waals surface area contributed by atoms with E-state index in [1.54, 1.807) is 12.0 Å². The Morgan fingerprint density at radius 3 is 2.64 bits per heavy atom. The molecule has 1 N–H and O–H groups in total. The maximum Gasteiger partial charge on any atom is 0.225 e. The van der Waals surface area contributed by atoms with Crippen LogP contribution in [0.1, 0.15) is 43.0 Å². The SMILES string of the molecule is COC1(CO)CN(C(=O)CC2CN(Cc3nc(C)c(C)o3)C3(CCC3)CO2)C1. The van der Waals surface area contributed by atoms with Crippen LogP contribution in [0.15, 0.2) is 4.42 Å². The molecule has 3 heterocycles. The zero-order chi connectivity index (χ0) is 19.9. The van der Waals surface area contributed by atoms with Crippen LogP contribution in [0.25, 0.3) is 0 Å².